The first kappa shape index (κ1) is 6.51. The highest BCUT2D eigenvalue weighted by molar-refractivity contribution is 7.18. The molecule has 1 rings (SSSR count). The predicted octanol–water partition coefficient (Wildman–Crippen LogP) is 1.48. The van der Waals surface area contributed by atoms with Crippen LogP contribution in [0, 0.1) is 0 Å². The van der Waals surface area contributed by atoms with E-state index in [-0.39, 0.29) is 5.28 Å². The van der Waals surface area contributed by atoms with Crippen LogP contribution in [-0.4, -0.2) is 5.28 Å². The maximum absolute atomic E-state index is 5.84. The summed E-state index contributed by atoms with van der Waals surface area (Å²) in [4.78, 5) is 0. The number of hydrogen-bond acceptors (Lipinski definition) is 1. The van der Waals surface area contributed by atoms with Crippen LogP contribution >= 0.6 is 9.24 Å². The second kappa shape index (κ2) is 2.33. The lowest BCUT2D eigenvalue weighted by molar-refractivity contribution is 0.406. The Balaban J connectivity index is 2.33. The maximum Gasteiger partial charge on any atom is 0.0297 e. The molecule has 0 amide bonds. The summed E-state index contributed by atoms with van der Waals surface area (Å²) in [6.07, 6.45) is 6.41. The average Bonchev–Trinajstić information content (AvgIpc) is 1.65. The van der Waals surface area contributed by atoms with Crippen molar-refractivity contribution in [2.75, 3.05) is 0 Å². The molecule has 0 aliphatic heterocycles. The molecule has 1 fully saturated rings. The van der Waals surface area contributed by atoms with Crippen LogP contribution in [0.4, 0.5) is 0 Å². The van der Waals surface area contributed by atoms with E-state index in [1.807, 2.05) is 0 Å². The zero-order valence-corrected chi connectivity index (χ0v) is 6.34. The monoisotopic (exact) mass is 131 g/mol. The molecule has 2 N–H and O–H groups in total. The molecule has 0 aromatic carbocycles. The lowest BCUT2D eigenvalue weighted by Crippen LogP contribution is -2.34. The first-order valence-corrected chi connectivity index (χ1v) is 3.86. The van der Waals surface area contributed by atoms with Gasteiger partial charge in [0.15, 0.2) is 0 Å². The summed E-state index contributed by atoms with van der Waals surface area (Å²) < 4.78 is 0. The summed E-state index contributed by atoms with van der Waals surface area (Å²) >= 11 is 0. The summed E-state index contributed by atoms with van der Waals surface area (Å²) in [5, 5.41) is 0.0955. The Morgan fingerprint density at radius 2 is 1.62 bits per heavy atom. The Morgan fingerprint density at radius 3 is 1.88 bits per heavy atom. The molecular formula is C6H14NP. The molecule has 1 aliphatic carbocycles. The van der Waals surface area contributed by atoms with Gasteiger partial charge in [-0.3, -0.25) is 0 Å². The van der Waals surface area contributed by atoms with Gasteiger partial charge in [-0.1, -0.05) is 19.3 Å². The van der Waals surface area contributed by atoms with Gasteiger partial charge in [0.2, 0.25) is 0 Å². The molecule has 8 heavy (non-hydrogen) atoms. The molecule has 0 saturated heterocycles. The third kappa shape index (κ3) is 1.72. The fourth-order valence-corrected chi connectivity index (χ4v) is 1.62. The molecule has 0 bridgehead atoms. The third-order valence-corrected chi connectivity index (χ3v) is 2.36. The topological polar surface area (TPSA) is 26.0 Å². The molecule has 48 valence electrons. The fraction of sp³-hybridized carbons (Fsp3) is 1.00. The van der Waals surface area contributed by atoms with E-state index in [0.29, 0.717) is 0 Å². The van der Waals surface area contributed by atoms with Crippen molar-refractivity contribution in [1.29, 1.82) is 0 Å². The molecule has 1 atom stereocenters. The molecule has 2 heteroatoms. The smallest absolute Gasteiger partial charge is 0.0297 e. The van der Waals surface area contributed by atoms with E-state index >= 15 is 0 Å². The number of rotatable bonds is 0. The highest BCUT2D eigenvalue weighted by Crippen LogP contribution is 2.30. The molecular weight excluding hydrogens is 117 g/mol. The molecule has 0 spiro atoms. The Hall–Kier alpha value is 0.390. The van der Waals surface area contributed by atoms with Crippen LogP contribution in [-0.2, 0) is 0 Å². The van der Waals surface area contributed by atoms with Crippen LogP contribution in [0.5, 0.6) is 0 Å². The van der Waals surface area contributed by atoms with Gasteiger partial charge in [-0.15, -0.1) is 9.24 Å². The van der Waals surface area contributed by atoms with Gasteiger partial charge in [0, 0.05) is 5.28 Å². The average molecular weight is 131 g/mol. The summed E-state index contributed by atoms with van der Waals surface area (Å²) in [7, 11) is 2.74. The van der Waals surface area contributed by atoms with Crippen LogP contribution in [0.15, 0.2) is 0 Å². The van der Waals surface area contributed by atoms with Gasteiger partial charge in [0.25, 0.3) is 0 Å². The van der Waals surface area contributed by atoms with Crippen molar-refractivity contribution in [2.24, 2.45) is 5.73 Å². The number of nitrogens with two attached hydrogens (primary N) is 1. The van der Waals surface area contributed by atoms with E-state index in [9.17, 15) is 0 Å². The van der Waals surface area contributed by atoms with E-state index in [4.69, 9.17) is 5.73 Å². The van der Waals surface area contributed by atoms with Crippen LogP contribution < -0.4 is 5.73 Å². The minimum Gasteiger partial charge on any atom is -0.322 e. The van der Waals surface area contributed by atoms with Gasteiger partial charge in [0.1, 0.15) is 0 Å². The van der Waals surface area contributed by atoms with Crippen LogP contribution in [0.1, 0.15) is 32.1 Å². The maximum atomic E-state index is 5.84. The highest BCUT2D eigenvalue weighted by Gasteiger charge is 2.20. The van der Waals surface area contributed by atoms with Crippen molar-refractivity contribution < 1.29 is 0 Å². The number of hydrogen-bond donors (Lipinski definition) is 1. The van der Waals surface area contributed by atoms with Crippen LogP contribution in [0.2, 0.25) is 0 Å². The van der Waals surface area contributed by atoms with E-state index in [2.05, 4.69) is 9.24 Å². The SMILES string of the molecule is NC1(P)CCCCC1. The van der Waals surface area contributed by atoms with E-state index in [1.54, 1.807) is 0 Å². The van der Waals surface area contributed by atoms with Crippen molar-refractivity contribution in [1.82, 2.24) is 0 Å². The van der Waals surface area contributed by atoms with Crippen molar-refractivity contribution >= 4 is 9.24 Å². The van der Waals surface area contributed by atoms with Crippen molar-refractivity contribution in [2.45, 2.75) is 37.4 Å². The largest absolute Gasteiger partial charge is 0.322 e. The highest BCUT2D eigenvalue weighted by atomic mass is 31.0. The normalized spacial score (nSPS) is 27.8. The second-order valence-electron chi connectivity index (χ2n) is 2.79. The molecule has 0 aromatic heterocycles. The zero-order chi connectivity index (χ0) is 6.04. The Kier molecular flexibility index (Phi) is 1.89. The first-order chi connectivity index (χ1) is 3.71. The van der Waals surface area contributed by atoms with E-state index < -0.39 is 0 Å². The van der Waals surface area contributed by atoms with Gasteiger partial charge in [0.05, 0.1) is 0 Å². The summed E-state index contributed by atoms with van der Waals surface area (Å²) in [5.74, 6) is 0. The Morgan fingerprint density at radius 1 is 1.12 bits per heavy atom. The first-order valence-electron chi connectivity index (χ1n) is 3.28. The van der Waals surface area contributed by atoms with E-state index in [1.165, 1.54) is 32.1 Å². The fourth-order valence-electron chi connectivity index (χ4n) is 1.21. The van der Waals surface area contributed by atoms with Crippen molar-refractivity contribution in [3.05, 3.63) is 0 Å². The Bertz CT molecular complexity index is 72.6. The third-order valence-electron chi connectivity index (χ3n) is 1.78. The lowest BCUT2D eigenvalue weighted by Gasteiger charge is -2.28. The van der Waals surface area contributed by atoms with Gasteiger partial charge in [-0.25, -0.2) is 0 Å². The summed E-state index contributed by atoms with van der Waals surface area (Å²) in [6, 6.07) is 0. The molecule has 0 aromatic rings. The molecule has 1 unspecified atom stereocenters. The Labute approximate surface area is 53.2 Å². The van der Waals surface area contributed by atoms with Gasteiger partial charge in [-0.2, -0.15) is 0 Å². The lowest BCUT2D eigenvalue weighted by atomic mass is 9.96. The van der Waals surface area contributed by atoms with Crippen LogP contribution in [0.3, 0.4) is 0 Å². The quantitative estimate of drug-likeness (QED) is 0.495. The van der Waals surface area contributed by atoms with E-state index in [0.717, 1.165) is 0 Å². The molecule has 0 heterocycles. The minimum absolute atomic E-state index is 0.0955. The van der Waals surface area contributed by atoms with Crippen LogP contribution in [0.25, 0.3) is 0 Å². The molecule has 1 saturated carbocycles. The zero-order valence-electron chi connectivity index (χ0n) is 5.19. The summed E-state index contributed by atoms with van der Waals surface area (Å²) in [6.45, 7) is 0. The summed E-state index contributed by atoms with van der Waals surface area (Å²) in [5.41, 5.74) is 5.84. The standard InChI is InChI=1S/C6H14NP/c7-6(8)4-2-1-3-5-6/h1-5,7-8H2. The minimum atomic E-state index is 0.0955. The molecule has 1 nitrogen and oxygen atoms in total. The molecule has 1 aliphatic rings. The second-order valence-corrected chi connectivity index (χ2v) is 3.94. The molecule has 0 radical (unpaired) electrons. The van der Waals surface area contributed by atoms with Gasteiger partial charge in [-0.05, 0) is 12.8 Å². The van der Waals surface area contributed by atoms with Gasteiger partial charge < -0.3 is 5.73 Å². The van der Waals surface area contributed by atoms with Crippen molar-refractivity contribution in [3.8, 4) is 0 Å². The van der Waals surface area contributed by atoms with Gasteiger partial charge >= 0.3 is 0 Å². The predicted molar refractivity (Wildman–Crippen MR) is 39.7 cm³/mol. The van der Waals surface area contributed by atoms with Crippen molar-refractivity contribution in [3.63, 3.8) is 0 Å².